The van der Waals surface area contributed by atoms with Gasteiger partial charge in [-0.2, -0.15) is 0 Å². The van der Waals surface area contributed by atoms with E-state index in [0.29, 0.717) is 6.42 Å². The van der Waals surface area contributed by atoms with Gasteiger partial charge in [0.05, 0.1) is 6.42 Å². The van der Waals surface area contributed by atoms with Crippen LogP contribution in [0.5, 0.6) is 0 Å². The van der Waals surface area contributed by atoms with E-state index in [0.717, 1.165) is 0 Å². The smallest absolute Gasteiger partial charge is 0.320 e. The van der Waals surface area contributed by atoms with Crippen LogP contribution < -0.4 is 16.8 Å². The summed E-state index contributed by atoms with van der Waals surface area (Å²) in [5.74, 6) is -2.82. The molecule has 0 heterocycles. The standard InChI is InChI=1S/C10H18N4O5/c11-6(9(18)19)2-1-5-13-10(12)14-7(15)3-4-8(16)17/h6H,1-5,11H2,(H,16,17)(H,18,19)(H3,12,13,14,15). The summed E-state index contributed by atoms with van der Waals surface area (Å²) in [6.07, 6.45) is 0.195. The lowest BCUT2D eigenvalue weighted by molar-refractivity contribution is -0.139. The third-order valence-corrected chi connectivity index (χ3v) is 2.11. The van der Waals surface area contributed by atoms with Crippen LogP contribution in [0.4, 0.5) is 0 Å². The summed E-state index contributed by atoms with van der Waals surface area (Å²) in [6.45, 7) is 0.228. The van der Waals surface area contributed by atoms with Gasteiger partial charge in [-0.3, -0.25) is 24.7 Å². The molecule has 0 saturated heterocycles. The minimum absolute atomic E-state index is 0.126. The topological polar surface area (TPSA) is 168 Å². The van der Waals surface area contributed by atoms with Crippen molar-refractivity contribution >= 4 is 23.8 Å². The lowest BCUT2D eigenvalue weighted by Crippen LogP contribution is -2.37. The number of nitrogens with two attached hydrogens (primary N) is 2. The normalized spacial score (nSPS) is 12.8. The van der Waals surface area contributed by atoms with Gasteiger partial charge in [-0.25, -0.2) is 0 Å². The van der Waals surface area contributed by atoms with Gasteiger partial charge in [-0.05, 0) is 12.8 Å². The van der Waals surface area contributed by atoms with E-state index < -0.39 is 23.9 Å². The van der Waals surface area contributed by atoms with Gasteiger partial charge in [-0.15, -0.1) is 0 Å². The van der Waals surface area contributed by atoms with Gasteiger partial charge in [0.25, 0.3) is 0 Å². The molecule has 0 bridgehead atoms. The molecule has 9 heteroatoms. The average molecular weight is 274 g/mol. The van der Waals surface area contributed by atoms with Crippen molar-refractivity contribution in [2.24, 2.45) is 16.5 Å². The second-order valence-electron chi connectivity index (χ2n) is 3.80. The Balaban J connectivity index is 3.85. The minimum atomic E-state index is -1.08. The summed E-state index contributed by atoms with van der Waals surface area (Å²) in [5, 5.41) is 19.1. The molecule has 0 saturated carbocycles. The quantitative estimate of drug-likeness (QED) is 0.203. The highest BCUT2D eigenvalue weighted by Gasteiger charge is 2.10. The molecule has 0 fully saturated rings. The molecule has 0 aliphatic heterocycles. The van der Waals surface area contributed by atoms with Gasteiger partial charge in [0.15, 0.2) is 5.96 Å². The first kappa shape index (κ1) is 16.8. The number of carbonyl (C=O) groups is 3. The molecule has 1 atom stereocenters. The second kappa shape index (κ2) is 8.86. The Bertz CT molecular complexity index is 369. The van der Waals surface area contributed by atoms with Crippen LogP contribution >= 0.6 is 0 Å². The monoisotopic (exact) mass is 274 g/mol. The van der Waals surface area contributed by atoms with E-state index in [1.54, 1.807) is 0 Å². The number of carbonyl (C=O) groups excluding carboxylic acids is 1. The number of guanidine groups is 1. The molecule has 1 amide bonds. The molecule has 7 N–H and O–H groups in total. The molecule has 0 radical (unpaired) electrons. The maximum absolute atomic E-state index is 11.2. The molecule has 0 aromatic rings. The Hall–Kier alpha value is -2.16. The van der Waals surface area contributed by atoms with Crippen molar-refractivity contribution in [2.45, 2.75) is 31.7 Å². The molecule has 0 spiro atoms. The number of nitrogens with one attached hydrogen (secondary N) is 1. The summed E-state index contributed by atoms with van der Waals surface area (Å²) in [6, 6.07) is -0.943. The zero-order valence-electron chi connectivity index (χ0n) is 10.3. The SMILES string of the molecule is NC(=NCCCC(N)C(=O)O)NC(=O)CCC(=O)O. The van der Waals surface area contributed by atoms with Gasteiger partial charge in [0.2, 0.25) is 5.91 Å². The van der Waals surface area contributed by atoms with Crippen LogP contribution in [0.25, 0.3) is 0 Å². The molecule has 0 aliphatic carbocycles. The van der Waals surface area contributed by atoms with E-state index in [9.17, 15) is 14.4 Å². The van der Waals surface area contributed by atoms with E-state index >= 15 is 0 Å². The number of carboxylic acids is 2. The molecule has 0 rings (SSSR count). The molecule has 19 heavy (non-hydrogen) atoms. The molecule has 0 aromatic carbocycles. The molecule has 1 unspecified atom stereocenters. The highest BCUT2D eigenvalue weighted by molar-refractivity contribution is 5.96. The molecule has 9 nitrogen and oxygen atoms in total. The van der Waals surface area contributed by atoms with E-state index in [4.69, 9.17) is 21.7 Å². The fourth-order valence-electron chi connectivity index (χ4n) is 1.10. The molecule has 0 aromatic heterocycles. The zero-order valence-corrected chi connectivity index (χ0v) is 10.3. The highest BCUT2D eigenvalue weighted by Crippen LogP contribution is 1.95. The van der Waals surface area contributed by atoms with Crippen LogP contribution in [0.15, 0.2) is 4.99 Å². The molecule has 0 aliphatic rings. The molecular formula is C10H18N4O5. The largest absolute Gasteiger partial charge is 0.481 e. The zero-order chi connectivity index (χ0) is 14.8. The summed E-state index contributed by atoms with van der Waals surface area (Å²) in [5.41, 5.74) is 10.7. The number of aliphatic carboxylic acids is 2. The highest BCUT2D eigenvalue weighted by atomic mass is 16.4. The lowest BCUT2D eigenvalue weighted by Gasteiger charge is -2.05. The van der Waals surface area contributed by atoms with Gasteiger partial charge in [-0.1, -0.05) is 0 Å². The first-order valence-corrected chi connectivity index (χ1v) is 5.63. The number of aliphatic imine (C=N–C) groups is 1. The van der Waals surface area contributed by atoms with Crippen molar-refractivity contribution < 1.29 is 24.6 Å². The van der Waals surface area contributed by atoms with Crippen molar-refractivity contribution in [3.8, 4) is 0 Å². The fourth-order valence-corrected chi connectivity index (χ4v) is 1.10. The number of amides is 1. The maximum atomic E-state index is 11.2. The van der Waals surface area contributed by atoms with Crippen LogP contribution in [0.2, 0.25) is 0 Å². The van der Waals surface area contributed by atoms with E-state index in [1.807, 2.05) is 0 Å². The number of nitrogens with zero attached hydrogens (tertiary/aromatic N) is 1. The Morgan fingerprint density at radius 2 is 1.84 bits per heavy atom. The number of hydrogen-bond acceptors (Lipinski definition) is 5. The van der Waals surface area contributed by atoms with Gasteiger partial charge >= 0.3 is 11.9 Å². The van der Waals surface area contributed by atoms with Gasteiger partial charge in [0, 0.05) is 13.0 Å². The van der Waals surface area contributed by atoms with E-state index in [2.05, 4.69) is 10.3 Å². The van der Waals surface area contributed by atoms with Crippen LogP contribution in [-0.2, 0) is 14.4 Å². The van der Waals surface area contributed by atoms with Crippen molar-refractivity contribution in [1.82, 2.24) is 5.32 Å². The summed E-state index contributed by atoms with van der Waals surface area (Å²) in [7, 11) is 0. The van der Waals surface area contributed by atoms with Crippen molar-refractivity contribution in [3.63, 3.8) is 0 Å². The lowest BCUT2D eigenvalue weighted by atomic mass is 10.2. The Kier molecular flexibility index (Phi) is 7.85. The van der Waals surface area contributed by atoms with Crippen LogP contribution in [0, 0.1) is 0 Å². The van der Waals surface area contributed by atoms with Crippen molar-refractivity contribution in [3.05, 3.63) is 0 Å². The maximum Gasteiger partial charge on any atom is 0.320 e. The number of hydrogen-bond donors (Lipinski definition) is 5. The second-order valence-corrected chi connectivity index (χ2v) is 3.80. The Morgan fingerprint density at radius 1 is 1.21 bits per heavy atom. The predicted octanol–water partition coefficient (Wildman–Crippen LogP) is -1.53. The Labute approximate surface area is 109 Å². The van der Waals surface area contributed by atoms with Crippen LogP contribution in [0.3, 0.4) is 0 Å². The van der Waals surface area contributed by atoms with Gasteiger partial charge < -0.3 is 21.7 Å². The number of carboxylic acid groups (broad SMARTS) is 2. The van der Waals surface area contributed by atoms with E-state index in [1.165, 1.54) is 0 Å². The van der Waals surface area contributed by atoms with Gasteiger partial charge in [0.1, 0.15) is 6.04 Å². The molecular weight excluding hydrogens is 256 g/mol. The van der Waals surface area contributed by atoms with Crippen molar-refractivity contribution in [2.75, 3.05) is 6.54 Å². The predicted molar refractivity (Wildman–Crippen MR) is 66.3 cm³/mol. The third-order valence-electron chi connectivity index (χ3n) is 2.11. The summed E-state index contributed by atoms with van der Waals surface area (Å²) < 4.78 is 0. The van der Waals surface area contributed by atoms with Crippen LogP contribution in [0.1, 0.15) is 25.7 Å². The third kappa shape index (κ3) is 9.53. The Morgan fingerprint density at radius 3 is 2.37 bits per heavy atom. The average Bonchev–Trinajstić information content (AvgIpc) is 2.31. The first-order valence-electron chi connectivity index (χ1n) is 5.63. The van der Waals surface area contributed by atoms with Crippen LogP contribution in [-0.4, -0.2) is 46.6 Å². The minimum Gasteiger partial charge on any atom is -0.481 e. The summed E-state index contributed by atoms with van der Waals surface area (Å²) in [4.78, 5) is 35.6. The first-order chi connectivity index (χ1) is 8.82. The number of rotatable bonds is 8. The van der Waals surface area contributed by atoms with E-state index in [-0.39, 0.29) is 31.8 Å². The fraction of sp³-hybridized carbons (Fsp3) is 0.600. The van der Waals surface area contributed by atoms with Crippen molar-refractivity contribution in [1.29, 1.82) is 0 Å². The molecule has 108 valence electrons. The summed E-state index contributed by atoms with van der Waals surface area (Å²) >= 11 is 0.